The number of aliphatic hydroxyl groups excluding tert-OH is 1. The van der Waals surface area contributed by atoms with Crippen molar-refractivity contribution in [3.63, 3.8) is 0 Å². The minimum atomic E-state index is -1.41. The number of aliphatic carboxylic acids is 1. The zero-order chi connectivity index (χ0) is 21.2. The summed E-state index contributed by atoms with van der Waals surface area (Å²) in [5.41, 5.74) is 1.99. The van der Waals surface area contributed by atoms with Crippen molar-refractivity contribution in [3.8, 4) is 6.07 Å². The van der Waals surface area contributed by atoms with Gasteiger partial charge in [-0.05, 0) is 42.0 Å². The molecule has 2 aromatic carbocycles. The summed E-state index contributed by atoms with van der Waals surface area (Å²) in [5, 5.41) is 33.6. The van der Waals surface area contributed by atoms with Crippen LogP contribution in [-0.4, -0.2) is 39.0 Å². The maximum atomic E-state index is 12.4. The Hall–Kier alpha value is -2.76. The summed E-state index contributed by atoms with van der Waals surface area (Å²) < 4.78 is 0. The molecule has 1 N–H and O–H groups in total. The number of hydrogen-bond donors (Lipinski definition) is 1. The van der Waals surface area contributed by atoms with Crippen LogP contribution >= 0.6 is 0 Å². The number of carboxylic acid groups (broad SMARTS) is 1. The van der Waals surface area contributed by atoms with Crippen LogP contribution in [0.5, 0.6) is 0 Å². The van der Waals surface area contributed by atoms with Gasteiger partial charge in [-0.3, -0.25) is 4.79 Å². The predicted octanol–water partition coefficient (Wildman–Crippen LogP) is -1.66. The molecular formula is C23H16N3NaO4. The summed E-state index contributed by atoms with van der Waals surface area (Å²) >= 11 is 0. The van der Waals surface area contributed by atoms with Gasteiger partial charge in [-0.1, -0.05) is 30.3 Å². The number of carbonyl (C=O) groups excluding carboxylic acids is 2. The van der Waals surface area contributed by atoms with E-state index in [-0.39, 0.29) is 41.3 Å². The molecule has 3 aromatic rings. The molecule has 31 heavy (non-hydrogen) atoms. The predicted molar refractivity (Wildman–Crippen MR) is 106 cm³/mol. The minimum Gasteiger partial charge on any atom is -0.543 e. The van der Waals surface area contributed by atoms with Crippen molar-refractivity contribution in [1.82, 2.24) is 9.88 Å². The number of fused-ring (bicyclic) bond motifs is 4. The molecule has 0 saturated carbocycles. The molecule has 148 valence electrons. The van der Waals surface area contributed by atoms with Gasteiger partial charge in [0.2, 0.25) is 5.91 Å². The van der Waals surface area contributed by atoms with Crippen LogP contribution in [0.15, 0.2) is 48.2 Å². The molecule has 2 aliphatic heterocycles. The third kappa shape index (κ3) is 3.07. The zero-order valence-corrected chi connectivity index (χ0v) is 19.0. The van der Waals surface area contributed by atoms with Gasteiger partial charge in [0.15, 0.2) is 0 Å². The first-order valence-corrected chi connectivity index (χ1v) is 9.61. The third-order valence-electron chi connectivity index (χ3n) is 6.08. The quantitative estimate of drug-likeness (QED) is 0.307. The Morgan fingerprint density at radius 2 is 1.97 bits per heavy atom. The van der Waals surface area contributed by atoms with Crippen LogP contribution in [0.4, 0.5) is 0 Å². The molecule has 0 spiro atoms. The van der Waals surface area contributed by atoms with Gasteiger partial charge in [0.1, 0.15) is 11.8 Å². The molecule has 0 radical (unpaired) electrons. The molecule has 0 aliphatic carbocycles. The van der Waals surface area contributed by atoms with Gasteiger partial charge in [0, 0.05) is 10.8 Å². The number of nitrogens with zero attached hydrogens (tertiary/aromatic N) is 3. The number of carboxylic acids is 1. The molecule has 3 heterocycles. The molecule has 1 saturated heterocycles. The number of nitriles is 1. The maximum Gasteiger partial charge on any atom is 1.00 e. The molecule has 1 fully saturated rings. The van der Waals surface area contributed by atoms with Crippen molar-refractivity contribution in [1.29, 1.82) is 5.26 Å². The first-order valence-electron chi connectivity index (χ1n) is 9.61. The SMILES string of the molecule is C[C@@H](O)[C@H]1C(=O)N2C(C(=O)[O-])=C(c3ccc4nc(C#N)c5ccccc5c4c3)C[C@H]12.[Na+]. The van der Waals surface area contributed by atoms with Crippen molar-refractivity contribution in [2.45, 2.75) is 25.5 Å². The monoisotopic (exact) mass is 421 g/mol. The minimum absolute atomic E-state index is 0. The summed E-state index contributed by atoms with van der Waals surface area (Å²) in [4.78, 5) is 30.0. The van der Waals surface area contributed by atoms with E-state index in [1.165, 1.54) is 11.8 Å². The second kappa shape index (κ2) is 7.74. The molecular weight excluding hydrogens is 405 g/mol. The molecule has 8 heteroatoms. The first kappa shape index (κ1) is 21.5. The standard InChI is InChI=1S/C23H17N3O4.Na/c1-11(27)20-19-9-15(21(23(29)30)26(19)22(20)28)12-6-7-17-16(8-12)13-4-2-3-5-14(13)18(10-24)25-17;/h2-8,11,19-20,27H,9H2,1H3,(H,29,30);/q;+1/p-1/t11-,19-,20-;/m1./s1. The summed E-state index contributed by atoms with van der Waals surface area (Å²) in [6.45, 7) is 1.54. The van der Waals surface area contributed by atoms with Crippen LogP contribution in [0.25, 0.3) is 27.2 Å². The van der Waals surface area contributed by atoms with Crippen molar-refractivity contribution in [2.75, 3.05) is 0 Å². The van der Waals surface area contributed by atoms with Gasteiger partial charge in [-0.15, -0.1) is 0 Å². The maximum absolute atomic E-state index is 12.4. The van der Waals surface area contributed by atoms with Crippen molar-refractivity contribution in [3.05, 3.63) is 59.4 Å². The number of aromatic nitrogens is 1. The van der Waals surface area contributed by atoms with E-state index in [4.69, 9.17) is 0 Å². The Labute approximate surface area is 199 Å². The number of aliphatic hydroxyl groups is 1. The van der Waals surface area contributed by atoms with Crippen LogP contribution in [0, 0.1) is 17.2 Å². The van der Waals surface area contributed by atoms with Gasteiger partial charge >= 0.3 is 29.6 Å². The molecule has 0 unspecified atom stereocenters. The second-order valence-electron chi connectivity index (χ2n) is 7.71. The van der Waals surface area contributed by atoms with Gasteiger partial charge in [0.25, 0.3) is 0 Å². The van der Waals surface area contributed by atoms with Gasteiger partial charge in [-0.25, -0.2) is 4.98 Å². The fraction of sp³-hybridized carbons (Fsp3) is 0.217. The molecule has 1 aromatic heterocycles. The fourth-order valence-corrected chi connectivity index (χ4v) is 4.74. The van der Waals surface area contributed by atoms with E-state index in [0.29, 0.717) is 28.8 Å². The Bertz CT molecular complexity index is 1340. The van der Waals surface area contributed by atoms with Crippen LogP contribution in [0.1, 0.15) is 24.6 Å². The second-order valence-corrected chi connectivity index (χ2v) is 7.71. The largest absolute Gasteiger partial charge is 1.00 e. The number of rotatable bonds is 3. The summed E-state index contributed by atoms with van der Waals surface area (Å²) in [7, 11) is 0. The van der Waals surface area contributed by atoms with E-state index in [2.05, 4.69) is 11.1 Å². The Morgan fingerprint density at radius 3 is 2.61 bits per heavy atom. The van der Waals surface area contributed by atoms with Crippen LogP contribution in [0.3, 0.4) is 0 Å². The van der Waals surface area contributed by atoms with E-state index >= 15 is 0 Å². The van der Waals surface area contributed by atoms with Crippen molar-refractivity contribution >= 4 is 39.1 Å². The number of benzene rings is 2. The number of pyridine rings is 1. The average Bonchev–Trinajstić information content (AvgIpc) is 3.07. The van der Waals surface area contributed by atoms with Crippen LogP contribution in [0.2, 0.25) is 0 Å². The normalized spacial score (nSPS) is 20.8. The van der Waals surface area contributed by atoms with Gasteiger partial charge < -0.3 is 19.9 Å². The van der Waals surface area contributed by atoms with E-state index in [1.54, 1.807) is 12.1 Å². The summed E-state index contributed by atoms with van der Waals surface area (Å²) in [6.07, 6.45) is -0.520. The Balaban J connectivity index is 0.00000231. The molecule has 0 bridgehead atoms. The first-order chi connectivity index (χ1) is 14.4. The van der Waals surface area contributed by atoms with E-state index < -0.39 is 23.9 Å². The zero-order valence-electron chi connectivity index (χ0n) is 17.0. The molecule has 1 amide bonds. The number of β-lactam (4-membered cyclic amide) rings is 1. The summed E-state index contributed by atoms with van der Waals surface area (Å²) in [6, 6.07) is 14.5. The van der Waals surface area contributed by atoms with Gasteiger partial charge in [0.05, 0.1) is 35.2 Å². The van der Waals surface area contributed by atoms with Crippen LogP contribution in [-0.2, 0) is 9.59 Å². The number of carbonyl (C=O) groups is 2. The molecule has 5 rings (SSSR count). The third-order valence-corrected chi connectivity index (χ3v) is 6.08. The molecule has 3 atom stereocenters. The topological polar surface area (TPSA) is 117 Å². The Kier molecular flexibility index (Phi) is 5.36. The van der Waals surface area contributed by atoms with Crippen molar-refractivity contribution in [2.24, 2.45) is 5.92 Å². The Morgan fingerprint density at radius 1 is 1.26 bits per heavy atom. The number of amides is 1. The van der Waals surface area contributed by atoms with E-state index in [0.717, 1.165) is 16.2 Å². The van der Waals surface area contributed by atoms with Crippen molar-refractivity contribution < 1.29 is 49.4 Å². The molecule has 7 nitrogen and oxygen atoms in total. The molecule has 2 aliphatic rings. The number of hydrogen-bond acceptors (Lipinski definition) is 6. The average molecular weight is 421 g/mol. The van der Waals surface area contributed by atoms with E-state index in [1.807, 2.05) is 30.3 Å². The summed E-state index contributed by atoms with van der Waals surface area (Å²) in [5.74, 6) is -2.42. The van der Waals surface area contributed by atoms with E-state index in [9.17, 15) is 25.1 Å². The van der Waals surface area contributed by atoms with Gasteiger partial charge in [-0.2, -0.15) is 5.26 Å². The fourth-order valence-electron chi connectivity index (χ4n) is 4.74. The smallest absolute Gasteiger partial charge is 0.543 e. The van der Waals surface area contributed by atoms with Crippen LogP contribution < -0.4 is 34.7 Å².